The molecule has 2 aromatic heterocycles. The highest BCUT2D eigenvalue weighted by Gasteiger charge is 2.44. The average molecular weight is 274 g/mol. The van der Waals surface area contributed by atoms with Crippen molar-refractivity contribution in [2.75, 3.05) is 12.3 Å². The number of hydrogen-bond donors (Lipinski definition) is 2. The van der Waals surface area contributed by atoms with Gasteiger partial charge in [0, 0.05) is 29.7 Å². The van der Waals surface area contributed by atoms with Gasteiger partial charge < -0.3 is 11.1 Å². The number of aromatic nitrogens is 2. The summed E-state index contributed by atoms with van der Waals surface area (Å²) in [5.74, 6) is -0.164. The first-order valence-corrected chi connectivity index (χ1v) is 6.97. The zero-order valence-corrected chi connectivity index (χ0v) is 11.1. The van der Waals surface area contributed by atoms with Crippen LogP contribution in [0.25, 0.3) is 0 Å². The Balaban J connectivity index is 1.65. The van der Waals surface area contributed by atoms with Crippen LogP contribution in [0.1, 0.15) is 28.9 Å². The monoisotopic (exact) mass is 274 g/mol. The van der Waals surface area contributed by atoms with Crippen LogP contribution in [0.2, 0.25) is 0 Å². The fourth-order valence-electron chi connectivity index (χ4n) is 2.13. The molecule has 0 spiro atoms. The Kier molecular flexibility index (Phi) is 2.94. The maximum Gasteiger partial charge on any atom is 0.270 e. The third kappa shape index (κ3) is 2.44. The second-order valence-electron chi connectivity index (χ2n) is 4.78. The van der Waals surface area contributed by atoms with Crippen molar-refractivity contribution < 1.29 is 4.79 Å². The van der Waals surface area contributed by atoms with Gasteiger partial charge in [-0.25, -0.2) is 4.98 Å². The molecule has 0 atom stereocenters. The number of nitrogens with two attached hydrogens (primary N) is 1. The van der Waals surface area contributed by atoms with Crippen LogP contribution in [-0.2, 0) is 5.41 Å². The molecular weight excluding hydrogens is 260 g/mol. The van der Waals surface area contributed by atoms with Crippen molar-refractivity contribution >= 4 is 22.4 Å². The standard InChI is InChI=1S/C13H14N4OS/c14-12-17-10(7-19-12)11(18)16-8-13(3-4-13)9-2-1-5-15-6-9/h1-2,5-7H,3-4,8H2,(H2,14,17)(H,16,18). The number of nitrogen functional groups attached to an aromatic ring is 1. The van der Waals surface area contributed by atoms with Gasteiger partial charge in [-0.15, -0.1) is 11.3 Å². The number of pyridine rings is 1. The quantitative estimate of drug-likeness (QED) is 0.887. The number of carbonyl (C=O) groups excluding carboxylic acids is 1. The molecular formula is C13H14N4OS. The summed E-state index contributed by atoms with van der Waals surface area (Å²) in [4.78, 5) is 20.0. The van der Waals surface area contributed by atoms with Crippen LogP contribution in [0.4, 0.5) is 5.13 Å². The highest BCUT2D eigenvalue weighted by molar-refractivity contribution is 7.13. The van der Waals surface area contributed by atoms with Crippen molar-refractivity contribution in [3.8, 4) is 0 Å². The summed E-state index contributed by atoms with van der Waals surface area (Å²) in [5.41, 5.74) is 7.16. The van der Waals surface area contributed by atoms with Crippen molar-refractivity contribution in [3.63, 3.8) is 0 Å². The second-order valence-corrected chi connectivity index (χ2v) is 5.67. The number of hydrogen-bond acceptors (Lipinski definition) is 5. The largest absolute Gasteiger partial charge is 0.375 e. The molecule has 0 saturated heterocycles. The number of thiazole rings is 1. The molecule has 1 aliphatic rings. The fourth-order valence-corrected chi connectivity index (χ4v) is 2.67. The lowest BCUT2D eigenvalue weighted by Crippen LogP contribution is -2.32. The summed E-state index contributed by atoms with van der Waals surface area (Å²) in [7, 11) is 0. The van der Waals surface area contributed by atoms with Crippen molar-refractivity contribution in [2.45, 2.75) is 18.3 Å². The first kappa shape index (κ1) is 12.1. The third-order valence-corrected chi connectivity index (χ3v) is 4.14. The van der Waals surface area contributed by atoms with E-state index in [1.54, 1.807) is 11.6 Å². The van der Waals surface area contributed by atoms with E-state index in [9.17, 15) is 4.79 Å². The first-order valence-electron chi connectivity index (χ1n) is 6.09. The zero-order chi connectivity index (χ0) is 13.3. The van der Waals surface area contributed by atoms with E-state index in [0.29, 0.717) is 17.4 Å². The SMILES string of the molecule is Nc1nc(C(=O)NCC2(c3cccnc3)CC2)cs1. The molecule has 0 unspecified atom stereocenters. The van der Waals surface area contributed by atoms with E-state index in [-0.39, 0.29) is 11.3 Å². The predicted molar refractivity (Wildman–Crippen MR) is 74.0 cm³/mol. The zero-order valence-electron chi connectivity index (χ0n) is 10.3. The van der Waals surface area contributed by atoms with Crippen LogP contribution in [-0.4, -0.2) is 22.4 Å². The average Bonchev–Trinajstić information content (AvgIpc) is 3.12. The maximum atomic E-state index is 11.9. The molecule has 6 heteroatoms. The van der Waals surface area contributed by atoms with Gasteiger partial charge in [-0.05, 0) is 24.5 Å². The summed E-state index contributed by atoms with van der Waals surface area (Å²) < 4.78 is 0. The molecule has 1 aliphatic carbocycles. The van der Waals surface area contributed by atoms with Crippen molar-refractivity contribution in [1.29, 1.82) is 0 Å². The number of rotatable bonds is 4. The Labute approximate surface area is 114 Å². The van der Waals surface area contributed by atoms with E-state index in [2.05, 4.69) is 21.4 Å². The van der Waals surface area contributed by atoms with Gasteiger partial charge in [0.05, 0.1) is 0 Å². The molecule has 3 N–H and O–H groups in total. The van der Waals surface area contributed by atoms with Crippen LogP contribution in [0.3, 0.4) is 0 Å². The van der Waals surface area contributed by atoms with Gasteiger partial charge >= 0.3 is 0 Å². The van der Waals surface area contributed by atoms with Crippen molar-refractivity contribution in [3.05, 3.63) is 41.2 Å². The minimum absolute atomic E-state index is 0.0610. The smallest absolute Gasteiger partial charge is 0.270 e. The Morgan fingerprint density at radius 1 is 1.53 bits per heavy atom. The molecule has 0 bridgehead atoms. The van der Waals surface area contributed by atoms with Gasteiger partial charge in [-0.2, -0.15) is 0 Å². The number of nitrogens with one attached hydrogen (secondary N) is 1. The Bertz CT molecular complexity index is 592. The molecule has 2 aromatic rings. The van der Waals surface area contributed by atoms with Gasteiger partial charge in [0.2, 0.25) is 0 Å². The van der Waals surface area contributed by atoms with Crippen molar-refractivity contribution in [1.82, 2.24) is 15.3 Å². The van der Waals surface area contributed by atoms with E-state index in [0.717, 1.165) is 12.8 Å². The normalized spacial score (nSPS) is 16.0. The van der Waals surface area contributed by atoms with Crippen LogP contribution in [0.15, 0.2) is 29.9 Å². The Morgan fingerprint density at radius 3 is 2.95 bits per heavy atom. The molecule has 1 amide bonds. The number of nitrogens with zero attached hydrogens (tertiary/aromatic N) is 2. The van der Waals surface area contributed by atoms with Gasteiger partial charge in [0.15, 0.2) is 5.13 Å². The summed E-state index contributed by atoms with van der Waals surface area (Å²) in [6, 6.07) is 3.99. The van der Waals surface area contributed by atoms with Gasteiger partial charge in [0.1, 0.15) is 5.69 Å². The van der Waals surface area contributed by atoms with E-state index < -0.39 is 0 Å². The molecule has 2 heterocycles. The minimum Gasteiger partial charge on any atom is -0.375 e. The highest BCUT2D eigenvalue weighted by atomic mass is 32.1. The van der Waals surface area contributed by atoms with Crippen LogP contribution < -0.4 is 11.1 Å². The summed E-state index contributed by atoms with van der Waals surface area (Å²) in [6.07, 6.45) is 5.80. The van der Waals surface area contributed by atoms with Crippen LogP contribution in [0.5, 0.6) is 0 Å². The number of carbonyl (C=O) groups is 1. The van der Waals surface area contributed by atoms with E-state index >= 15 is 0 Å². The molecule has 3 rings (SSSR count). The van der Waals surface area contributed by atoms with Crippen LogP contribution in [0, 0.1) is 0 Å². The molecule has 98 valence electrons. The summed E-state index contributed by atoms with van der Waals surface area (Å²) >= 11 is 1.27. The summed E-state index contributed by atoms with van der Waals surface area (Å²) in [5, 5.41) is 5.03. The highest BCUT2D eigenvalue weighted by Crippen LogP contribution is 2.47. The van der Waals surface area contributed by atoms with Gasteiger partial charge in [-0.3, -0.25) is 9.78 Å². The molecule has 0 aromatic carbocycles. The second kappa shape index (κ2) is 4.62. The van der Waals surface area contributed by atoms with Crippen LogP contribution >= 0.6 is 11.3 Å². The molecule has 1 saturated carbocycles. The van der Waals surface area contributed by atoms with Gasteiger partial charge in [-0.1, -0.05) is 6.07 Å². The first-order chi connectivity index (χ1) is 9.20. The van der Waals surface area contributed by atoms with E-state index in [1.165, 1.54) is 16.9 Å². The lowest BCUT2D eigenvalue weighted by atomic mass is 9.98. The predicted octanol–water partition coefficient (Wildman–Crippen LogP) is 1.58. The maximum absolute atomic E-state index is 11.9. The van der Waals surface area contributed by atoms with Gasteiger partial charge in [0.25, 0.3) is 5.91 Å². The lowest BCUT2D eigenvalue weighted by Gasteiger charge is -2.15. The van der Waals surface area contributed by atoms with E-state index in [1.807, 2.05) is 12.3 Å². The number of anilines is 1. The van der Waals surface area contributed by atoms with Crippen molar-refractivity contribution in [2.24, 2.45) is 0 Å². The fraction of sp³-hybridized carbons (Fsp3) is 0.308. The topological polar surface area (TPSA) is 80.9 Å². The molecule has 5 nitrogen and oxygen atoms in total. The molecule has 0 aliphatic heterocycles. The minimum atomic E-state index is -0.164. The Hall–Kier alpha value is -1.95. The molecule has 19 heavy (non-hydrogen) atoms. The number of amides is 1. The molecule has 1 fully saturated rings. The Morgan fingerprint density at radius 2 is 2.37 bits per heavy atom. The lowest BCUT2D eigenvalue weighted by molar-refractivity contribution is 0.0945. The third-order valence-electron chi connectivity index (χ3n) is 3.47. The molecule has 0 radical (unpaired) electrons. The van der Waals surface area contributed by atoms with E-state index in [4.69, 9.17) is 5.73 Å². The summed E-state index contributed by atoms with van der Waals surface area (Å²) in [6.45, 7) is 0.620.